The fourth-order valence-corrected chi connectivity index (χ4v) is 3.28. The van der Waals surface area contributed by atoms with Gasteiger partial charge in [0.1, 0.15) is 11.5 Å². The minimum atomic E-state index is 0.439. The Morgan fingerprint density at radius 3 is 3.12 bits per heavy atom. The van der Waals surface area contributed by atoms with Gasteiger partial charge in [0, 0.05) is 31.0 Å². The van der Waals surface area contributed by atoms with Crippen LogP contribution in [0.25, 0.3) is 16.9 Å². The predicted octanol–water partition coefficient (Wildman–Crippen LogP) is 0.923. The van der Waals surface area contributed by atoms with Crippen LogP contribution in [0.3, 0.4) is 0 Å². The highest BCUT2D eigenvalue weighted by atomic mass is 16.5. The van der Waals surface area contributed by atoms with E-state index in [1.807, 2.05) is 13.1 Å². The van der Waals surface area contributed by atoms with E-state index in [1.165, 1.54) is 0 Å². The average molecular weight is 355 g/mol. The van der Waals surface area contributed by atoms with Gasteiger partial charge < -0.3 is 9.64 Å². The van der Waals surface area contributed by atoms with Crippen molar-refractivity contribution in [2.45, 2.75) is 25.8 Å². The first kappa shape index (κ1) is 16.8. The van der Waals surface area contributed by atoms with Gasteiger partial charge in [0.25, 0.3) is 0 Å². The van der Waals surface area contributed by atoms with Crippen molar-refractivity contribution >= 4 is 17.3 Å². The maximum atomic E-state index is 11.5. The molecule has 1 N–H and O–H groups in total. The predicted molar refractivity (Wildman–Crippen MR) is 94.5 cm³/mol. The number of aromatic amines is 1. The topological polar surface area (TPSA) is 102 Å². The summed E-state index contributed by atoms with van der Waals surface area (Å²) in [6.07, 6.45) is 6.12. The van der Waals surface area contributed by atoms with E-state index in [0.29, 0.717) is 29.0 Å². The number of hydrogen-bond acceptors (Lipinski definition) is 7. The molecular formula is C17H21N7O2. The molecule has 9 nitrogen and oxygen atoms in total. The number of aromatic nitrogens is 6. The molecule has 0 radical (unpaired) electrons. The molecule has 0 amide bonds. The van der Waals surface area contributed by atoms with Gasteiger partial charge in [-0.25, -0.2) is 14.6 Å². The first-order valence-electron chi connectivity index (χ1n) is 8.65. The maximum Gasteiger partial charge on any atom is 0.170 e. The molecular weight excluding hydrogens is 334 g/mol. The van der Waals surface area contributed by atoms with Crippen LogP contribution in [0, 0.1) is 6.92 Å². The molecule has 0 saturated carbocycles. The van der Waals surface area contributed by atoms with Crippen molar-refractivity contribution in [3.8, 4) is 5.82 Å². The summed E-state index contributed by atoms with van der Waals surface area (Å²) in [7, 11) is 2.09. The molecule has 0 bridgehead atoms. The number of nitrogens with one attached hydrogen (secondary N) is 1. The smallest absolute Gasteiger partial charge is 0.170 e. The lowest BCUT2D eigenvalue weighted by Gasteiger charge is -2.22. The Hall–Kier alpha value is -2.65. The van der Waals surface area contributed by atoms with Gasteiger partial charge >= 0.3 is 0 Å². The zero-order valence-corrected chi connectivity index (χ0v) is 14.8. The number of carbonyl (C=O) groups excluding carboxylic acids is 1. The molecule has 136 valence electrons. The SMILES string of the molecule is Cc1nc(-n2cc(CCN(C)C3CCOC3)c(C=O)n2)c2cn[nH]c2n1. The molecule has 1 unspecified atom stereocenters. The standard InChI is InChI=1S/C17H21N7O2/c1-11-19-16-14(7-18-21-16)17(20-11)24-8-12(15(9-25)22-24)3-5-23(2)13-4-6-26-10-13/h7-9,13H,3-6,10H2,1-2H3,(H,18,19,20,21). The Morgan fingerprint density at radius 2 is 2.35 bits per heavy atom. The van der Waals surface area contributed by atoms with E-state index in [-0.39, 0.29) is 0 Å². The summed E-state index contributed by atoms with van der Waals surface area (Å²) >= 11 is 0. The second kappa shape index (κ2) is 6.93. The number of aldehydes is 1. The normalized spacial score (nSPS) is 17.4. The fourth-order valence-electron chi connectivity index (χ4n) is 3.28. The highest BCUT2D eigenvalue weighted by Crippen LogP contribution is 2.19. The second-order valence-electron chi connectivity index (χ2n) is 6.58. The number of nitrogens with zero attached hydrogens (tertiary/aromatic N) is 6. The Labute approximate surface area is 150 Å². The molecule has 1 aliphatic rings. The Morgan fingerprint density at radius 1 is 1.46 bits per heavy atom. The zero-order valence-electron chi connectivity index (χ0n) is 14.8. The van der Waals surface area contributed by atoms with E-state index >= 15 is 0 Å². The highest BCUT2D eigenvalue weighted by Gasteiger charge is 2.21. The van der Waals surface area contributed by atoms with E-state index in [9.17, 15) is 4.79 Å². The van der Waals surface area contributed by atoms with Crippen molar-refractivity contribution < 1.29 is 9.53 Å². The third kappa shape index (κ3) is 3.11. The molecule has 3 aromatic heterocycles. The Bertz CT molecular complexity index is 926. The van der Waals surface area contributed by atoms with Gasteiger partial charge in [0.05, 0.1) is 18.2 Å². The van der Waals surface area contributed by atoms with Crippen LogP contribution in [0.5, 0.6) is 0 Å². The number of hydrogen-bond donors (Lipinski definition) is 1. The number of ether oxygens (including phenoxy) is 1. The molecule has 4 rings (SSSR count). The van der Waals surface area contributed by atoms with Crippen LogP contribution in [-0.4, -0.2) is 74.0 Å². The molecule has 0 spiro atoms. The fraction of sp³-hybridized carbons (Fsp3) is 0.471. The highest BCUT2D eigenvalue weighted by molar-refractivity contribution is 5.82. The molecule has 1 atom stereocenters. The minimum Gasteiger partial charge on any atom is -0.380 e. The first-order chi connectivity index (χ1) is 12.7. The van der Waals surface area contributed by atoms with Crippen LogP contribution in [-0.2, 0) is 11.2 Å². The van der Waals surface area contributed by atoms with Gasteiger partial charge in [-0.15, -0.1) is 0 Å². The molecule has 26 heavy (non-hydrogen) atoms. The van der Waals surface area contributed by atoms with Crippen molar-refractivity contribution in [2.75, 3.05) is 26.8 Å². The molecule has 1 aliphatic heterocycles. The van der Waals surface area contributed by atoms with Gasteiger partial charge in [-0.3, -0.25) is 9.89 Å². The summed E-state index contributed by atoms with van der Waals surface area (Å²) in [5.41, 5.74) is 1.99. The third-order valence-corrected chi connectivity index (χ3v) is 4.82. The van der Waals surface area contributed by atoms with Gasteiger partial charge in [0.15, 0.2) is 17.8 Å². The van der Waals surface area contributed by atoms with Crippen molar-refractivity contribution in [1.82, 2.24) is 34.8 Å². The summed E-state index contributed by atoms with van der Waals surface area (Å²) in [5, 5.41) is 12.1. The lowest BCUT2D eigenvalue weighted by molar-refractivity contribution is 0.111. The monoisotopic (exact) mass is 355 g/mol. The quantitative estimate of drug-likeness (QED) is 0.656. The largest absolute Gasteiger partial charge is 0.380 e. The van der Waals surface area contributed by atoms with Crippen LogP contribution in [0.1, 0.15) is 28.3 Å². The van der Waals surface area contributed by atoms with Crippen LogP contribution in [0.4, 0.5) is 0 Å². The Balaban J connectivity index is 1.60. The second-order valence-corrected chi connectivity index (χ2v) is 6.58. The number of carbonyl (C=O) groups is 1. The summed E-state index contributed by atoms with van der Waals surface area (Å²) in [5.74, 6) is 1.23. The first-order valence-corrected chi connectivity index (χ1v) is 8.65. The van der Waals surface area contributed by atoms with E-state index in [1.54, 1.807) is 10.9 Å². The van der Waals surface area contributed by atoms with E-state index < -0.39 is 0 Å². The maximum absolute atomic E-state index is 11.5. The van der Waals surface area contributed by atoms with Crippen molar-refractivity contribution in [2.24, 2.45) is 0 Å². The lowest BCUT2D eigenvalue weighted by atomic mass is 10.1. The summed E-state index contributed by atoms with van der Waals surface area (Å²) in [4.78, 5) is 22.6. The van der Waals surface area contributed by atoms with E-state index in [0.717, 1.165) is 49.8 Å². The van der Waals surface area contributed by atoms with Gasteiger partial charge in [-0.1, -0.05) is 0 Å². The number of likely N-dealkylation sites (N-methyl/N-ethyl adjacent to an activating group) is 1. The molecule has 0 aliphatic carbocycles. The van der Waals surface area contributed by atoms with Crippen LogP contribution in [0.15, 0.2) is 12.4 Å². The summed E-state index contributed by atoms with van der Waals surface area (Å²) < 4.78 is 7.09. The molecule has 0 aromatic carbocycles. The molecule has 1 fully saturated rings. The average Bonchev–Trinajstić information content (AvgIpc) is 3.37. The molecule has 1 saturated heterocycles. The lowest BCUT2D eigenvalue weighted by Crippen LogP contribution is -2.33. The number of H-pyrrole nitrogens is 1. The van der Waals surface area contributed by atoms with Crippen LogP contribution >= 0.6 is 0 Å². The Kier molecular flexibility index (Phi) is 4.48. The van der Waals surface area contributed by atoms with Gasteiger partial charge in [0.2, 0.25) is 0 Å². The van der Waals surface area contributed by atoms with Gasteiger partial charge in [-0.05, 0) is 26.8 Å². The van der Waals surface area contributed by atoms with Crippen molar-refractivity contribution in [1.29, 1.82) is 0 Å². The van der Waals surface area contributed by atoms with Crippen LogP contribution < -0.4 is 0 Å². The van der Waals surface area contributed by atoms with Crippen molar-refractivity contribution in [3.63, 3.8) is 0 Å². The summed E-state index contributed by atoms with van der Waals surface area (Å²) in [6.45, 7) is 4.24. The third-order valence-electron chi connectivity index (χ3n) is 4.82. The molecule has 3 aromatic rings. The molecule has 9 heteroatoms. The van der Waals surface area contributed by atoms with Crippen LogP contribution in [0.2, 0.25) is 0 Å². The van der Waals surface area contributed by atoms with E-state index in [4.69, 9.17) is 4.74 Å². The van der Waals surface area contributed by atoms with E-state index in [2.05, 4.69) is 37.2 Å². The molecule has 4 heterocycles. The van der Waals surface area contributed by atoms with Gasteiger partial charge in [-0.2, -0.15) is 10.2 Å². The zero-order chi connectivity index (χ0) is 18.1. The summed E-state index contributed by atoms with van der Waals surface area (Å²) in [6, 6.07) is 0.444. The van der Waals surface area contributed by atoms with Crippen molar-refractivity contribution in [3.05, 3.63) is 29.5 Å². The number of fused-ring (bicyclic) bond motifs is 1. The minimum absolute atomic E-state index is 0.439. The number of rotatable bonds is 6. The number of aryl methyl sites for hydroxylation is 1.